The van der Waals surface area contributed by atoms with E-state index in [2.05, 4.69) is 10.2 Å². The summed E-state index contributed by atoms with van der Waals surface area (Å²) in [5.74, 6) is -0.249. The van der Waals surface area contributed by atoms with Crippen molar-refractivity contribution in [2.45, 2.75) is 18.2 Å². The van der Waals surface area contributed by atoms with Crippen molar-refractivity contribution in [3.05, 3.63) is 29.8 Å². The maximum absolute atomic E-state index is 12.0. The molecule has 0 heterocycles. The number of benzene rings is 1. The number of carbonyl (C=O) groups is 1. The fourth-order valence-electron chi connectivity index (χ4n) is 1.65. The molecule has 8 heteroatoms. The second-order valence-corrected chi connectivity index (χ2v) is 6.36. The van der Waals surface area contributed by atoms with E-state index in [0.29, 0.717) is 25.3 Å². The molecule has 0 aliphatic heterocycles. The Kier molecular flexibility index (Phi) is 7.46. The molecular formula is C14H22N2O5S. The third-order valence-electron chi connectivity index (χ3n) is 2.97. The predicted octanol–water partition coefficient (Wildman–Crippen LogP) is 1.02. The molecule has 0 aliphatic rings. The highest BCUT2D eigenvalue weighted by Gasteiger charge is 2.20. The zero-order chi connectivity index (χ0) is 16.6. The summed E-state index contributed by atoms with van der Waals surface area (Å²) in [6.07, 6.45) is 0.727. The van der Waals surface area contributed by atoms with Gasteiger partial charge in [0.1, 0.15) is 0 Å². The summed E-state index contributed by atoms with van der Waals surface area (Å²) in [7, 11) is -1.13. The number of hydroxylamine groups is 1. The largest absolute Gasteiger partial charge is 0.382 e. The van der Waals surface area contributed by atoms with E-state index in [1.54, 1.807) is 0 Å². The Morgan fingerprint density at radius 2 is 1.91 bits per heavy atom. The molecule has 1 aromatic rings. The van der Waals surface area contributed by atoms with E-state index >= 15 is 0 Å². The summed E-state index contributed by atoms with van der Waals surface area (Å²) in [5.41, 5.74) is 0.399. The Morgan fingerprint density at radius 1 is 1.27 bits per heavy atom. The summed E-state index contributed by atoms with van der Waals surface area (Å²) in [6, 6.07) is 5.68. The number of hydrogen-bond donors (Lipinski definition) is 1. The number of rotatable bonds is 9. The van der Waals surface area contributed by atoms with Gasteiger partial charge in [0.15, 0.2) is 0 Å². The number of carbonyl (C=O) groups excluding carboxylic acids is 1. The van der Waals surface area contributed by atoms with Crippen LogP contribution in [0.5, 0.6) is 0 Å². The van der Waals surface area contributed by atoms with Crippen LogP contribution in [0.2, 0.25) is 0 Å². The quantitative estimate of drug-likeness (QED) is 0.540. The van der Waals surface area contributed by atoms with E-state index in [-0.39, 0.29) is 10.8 Å². The van der Waals surface area contributed by atoms with Gasteiger partial charge in [-0.1, -0.05) is 4.47 Å². The molecule has 0 unspecified atom stereocenters. The highest BCUT2D eigenvalue weighted by molar-refractivity contribution is 7.89. The summed E-state index contributed by atoms with van der Waals surface area (Å²) < 4.78 is 29.9. The smallest absolute Gasteiger partial charge is 0.264 e. The van der Waals surface area contributed by atoms with Crippen molar-refractivity contribution in [3.63, 3.8) is 0 Å². The maximum atomic E-state index is 12.0. The van der Waals surface area contributed by atoms with E-state index in [9.17, 15) is 13.2 Å². The summed E-state index contributed by atoms with van der Waals surface area (Å²) in [6.45, 7) is 3.66. The van der Waals surface area contributed by atoms with Gasteiger partial charge in [-0.25, -0.2) is 8.42 Å². The molecule has 22 heavy (non-hydrogen) atoms. The van der Waals surface area contributed by atoms with E-state index in [1.165, 1.54) is 38.4 Å². The van der Waals surface area contributed by atoms with Gasteiger partial charge in [0.25, 0.3) is 15.9 Å². The molecule has 0 aliphatic carbocycles. The maximum Gasteiger partial charge on any atom is 0.264 e. The number of nitrogens with one attached hydrogen (secondary N) is 1. The molecular weight excluding hydrogens is 308 g/mol. The Bertz CT molecular complexity index is 571. The molecule has 0 bridgehead atoms. The molecule has 0 radical (unpaired) electrons. The molecule has 0 fully saturated rings. The Morgan fingerprint density at radius 3 is 2.45 bits per heavy atom. The first-order valence-electron chi connectivity index (χ1n) is 6.92. The second-order valence-electron chi connectivity index (χ2n) is 4.43. The molecule has 1 rings (SSSR count). The number of amides is 1. The molecule has 124 valence electrons. The van der Waals surface area contributed by atoms with Crippen molar-refractivity contribution in [1.29, 1.82) is 0 Å². The van der Waals surface area contributed by atoms with E-state index in [4.69, 9.17) is 4.74 Å². The van der Waals surface area contributed by atoms with Crippen LogP contribution in [0, 0.1) is 0 Å². The first-order valence-corrected chi connectivity index (χ1v) is 8.36. The number of sulfonamides is 1. The summed E-state index contributed by atoms with van der Waals surface area (Å²) in [5, 5.41) is 2.75. The monoisotopic (exact) mass is 330 g/mol. The van der Waals surface area contributed by atoms with Crippen LogP contribution >= 0.6 is 0 Å². The van der Waals surface area contributed by atoms with Gasteiger partial charge in [0.2, 0.25) is 0 Å². The second kappa shape index (κ2) is 8.84. The average molecular weight is 330 g/mol. The lowest BCUT2D eigenvalue weighted by Crippen LogP contribution is -2.27. The fraction of sp³-hybridized carbons (Fsp3) is 0.500. The van der Waals surface area contributed by atoms with E-state index in [0.717, 1.165) is 10.9 Å². The van der Waals surface area contributed by atoms with Crippen LogP contribution in [0.4, 0.5) is 0 Å². The van der Waals surface area contributed by atoms with Gasteiger partial charge in [-0.3, -0.25) is 9.63 Å². The normalized spacial score (nSPS) is 11.6. The van der Waals surface area contributed by atoms with Gasteiger partial charge in [-0.2, -0.15) is 0 Å². The topological polar surface area (TPSA) is 84.9 Å². The third-order valence-corrected chi connectivity index (χ3v) is 4.66. The summed E-state index contributed by atoms with van der Waals surface area (Å²) >= 11 is 0. The SMILES string of the molecule is CCOCCCNC(=O)c1ccc(S(=O)(=O)N(C)OC)cc1. The minimum Gasteiger partial charge on any atom is -0.382 e. The van der Waals surface area contributed by atoms with Gasteiger partial charge in [-0.15, -0.1) is 0 Å². The molecule has 7 nitrogen and oxygen atoms in total. The molecule has 1 aromatic carbocycles. The lowest BCUT2D eigenvalue weighted by Gasteiger charge is -2.14. The Labute approximate surface area is 131 Å². The molecule has 0 spiro atoms. The first-order chi connectivity index (χ1) is 10.4. The van der Waals surface area contributed by atoms with Gasteiger partial charge in [0.05, 0.1) is 12.0 Å². The van der Waals surface area contributed by atoms with Crippen LogP contribution < -0.4 is 5.32 Å². The number of ether oxygens (including phenoxy) is 1. The van der Waals surface area contributed by atoms with Crippen LogP contribution in [-0.2, 0) is 19.6 Å². The van der Waals surface area contributed by atoms with E-state index in [1.807, 2.05) is 6.92 Å². The van der Waals surface area contributed by atoms with Crippen molar-refractivity contribution in [1.82, 2.24) is 9.79 Å². The van der Waals surface area contributed by atoms with Gasteiger partial charge in [-0.05, 0) is 37.6 Å². The van der Waals surface area contributed by atoms with Gasteiger partial charge < -0.3 is 10.1 Å². The van der Waals surface area contributed by atoms with Crippen LogP contribution in [0.3, 0.4) is 0 Å². The molecule has 0 saturated carbocycles. The highest BCUT2D eigenvalue weighted by atomic mass is 32.2. The minimum absolute atomic E-state index is 0.0599. The number of nitrogens with zero attached hydrogens (tertiary/aromatic N) is 1. The van der Waals surface area contributed by atoms with Crippen LogP contribution in [0.25, 0.3) is 0 Å². The predicted molar refractivity (Wildman–Crippen MR) is 81.8 cm³/mol. The van der Waals surface area contributed by atoms with Gasteiger partial charge >= 0.3 is 0 Å². The van der Waals surface area contributed by atoms with Crippen molar-refractivity contribution in [2.75, 3.05) is 33.9 Å². The standard InChI is InChI=1S/C14H22N2O5S/c1-4-21-11-5-10-15-14(17)12-6-8-13(9-7-12)22(18,19)16(2)20-3/h6-9H,4-5,10-11H2,1-3H3,(H,15,17). The van der Waals surface area contributed by atoms with Crippen molar-refractivity contribution in [2.24, 2.45) is 0 Å². The highest BCUT2D eigenvalue weighted by Crippen LogP contribution is 2.15. The van der Waals surface area contributed by atoms with Crippen LogP contribution in [-0.4, -0.2) is 52.7 Å². The third kappa shape index (κ3) is 5.06. The fourth-order valence-corrected chi connectivity index (χ4v) is 2.62. The molecule has 0 aromatic heterocycles. The van der Waals surface area contributed by atoms with Crippen molar-refractivity contribution in [3.8, 4) is 0 Å². The zero-order valence-electron chi connectivity index (χ0n) is 13.0. The Hall–Kier alpha value is -1.48. The first kappa shape index (κ1) is 18.6. The van der Waals surface area contributed by atoms with Crippen LogP contribution in [0.1, 0.15) is 23.7 Å². The zero-order valence-corrected chi connectivity index (χ0v) is 13.9. The van der Waals surface area contributed by atoms with E-state index < -0.39 is 10.0 Å². The molecule has 1 amide bonds. The summed E-state index contributed by atoms with van der Waals surface area (Å²) in [4.78, 5) is 16.6. The van der Waals surface area contributed by atoms with Crippen molar-refractivity contribution >= 4 is 15.9 Å². The average Bonchev–Trinajstić information content (AvgIpc) is 2.53. The number of hydrogen-bond acceptors (Lipinski definition) is 5. The lowest BCUT2D eigenvalue weighted by atomic mass is 10.2. The lowest BCUT2D eigenvalue weighted by molar-refractivity contribution is -0.0258. The van der Waals surface area contributed by atoms with Gasteiger partial charge in [0, 0.05) is 32.4 Å². The Balaban J connectivity index is 2.63. The van der Waals surface area contributed by atoms with Crippen molar-refractivity contribution < 1.29 is 22.8 Å². The minimum atomic E-state index is -3.70. The van der Waals surface area contributed by atoms with Crippen LogP contribution in [0.15, 0.2) is 29.2 Å². The molecule has 1 N–H and O–H groups in total. The molecule has 0 saturated heterocycles. The molecule has 0 atom stereocenters.